The maximum atomic E-state index is 5.72. The smallest absolute Gasteiger partial charge is 0.109 e. The lowest BCUT2D eigenvalue weighted by Crippen LogP contribution is -2.35. The minimum atomic E-state index is 0.232. The van der Waals surface area contributed by atoms with E-state index in [1.807, 2.05) is 7.05 Å². The van der Waals surface area contributed by atoms with Gasteiger partial charge in [-0.25, -0.2) is 0 Å². The molecule has 0 heterocycles. The molecule has 0 aromatic carbocycles. The van der Waals surface area contributed by atoms with Gasteiger partial charge in [0.25, 0.3) is 0 Å². The number of unbranched alkanes of at least 4 members (excludes halogenated alkanes) is 5. The average Bonchev–Trinajstić information content (AvgIpc) is 2.35. The Labute approximate surface area is 108 Å². The van der Waals surface area contributed by atoms with Crippen molar-refractivity contribution in [2.45, 2.75) is 71.4 Å². The highest BCUT2D eigenvalue weighted by atomic mass is 16.5. The molecule has 0 aromatic heterocycles. The second kappa shape index (κ2) is 13.9. The van der Waals surface area contributed by atoms with Crippen LogP contribution in [0.25, 0.3) is 0 Å². The van der Waals surface area contributed by atoms with Gasteiger partial charge < -0.3 is 4.74 Å². The lowest BCUT2D eigenvalue weighted by atomic mass is 10.2. The third kappa shape index (κ3) is 12.1. The number of hydrogen-bond donors (Lipinski definition) is 2. The molecule has 2 N–H and O–H groups in total. The normalized spacial score (nSPS) is 12.9. The van der Waals surface area contributed by atoms with E-state index in [0.29, 0.717) is 6.73 Å². The zero-order valence-electron chi connectivity index (χ0n) is 12.1. The second-order valence-electron chi connectivity index (χ2n) is 4.66. The van der Waals surface area contributed by atoms with Crippen molar-refractivity contribution in [1.29, 1.82) is 0 Å². The second-order valence-corrected chi connectivity index (χ2v) is 4.66. The van der Waals surface area contributed by atoms with Gasteiger partial charge in [0.05, 0.1) is 6.73 Å². The molecule has 1 unspecified atom stereocenters. The quantitative estimate of drug-likeness (QED) is 0.385. The fraction of sp³-hybridized carbons (Fsp3) is 1.00. The van der Waals surface area contributed by atoms with Crippen molar-refractivity contribution >= 4 is 0 Å². The number of ether oxygens (including phenoxy) is 1. The molecule has 0 amide bonds. The largest absolute Gasteiger partial charge is 0.348 e. The van der Waals surface area contributed by atoms with E-state index in [1.165, 1.54) is 44.9 Å². The third-order valence-electron chi connectivity index (χ3n) is 2.90. The van der Waals surface area contributed by atoms with Crippen LogP contribution < -0.4 is 10.6 Å². The summed E-state index contributed by atoms with van der Waals surface area (Å²) in [5, 5.41) is 6.55. The van der Waals surface area contributed by atoms with Crippen LogP contribution in [0.1, 0.15) is 65.2 Å². The van der Waals surface area contributed by atoms with Gasteiger partial charge in [-0.1, -0.05) is 46.0 Å². The lowest BCUT2D eigenvalue weighted by Gasteiger charge is -2.19. The van der Waals surface area contributed by atoms with E-state index in [-0.39, 0.29) is 6.23 Å². The van der Waals surface area contributed by atoms with Gasteiger partial charge in [0, 0.05) is 0 Å². The molecular formula is C14H32N2O. The Balaban J connectivity index is 3.53. The first-order valence-corrected chi connectivity index (χ1v) is 7.34. The standard InChI is InChI=1S/C14H32N2O/c1-4-6-8-10-12-16-14(17-13-15-3)11-9-7-5-2/h14-16H,4-13H2,1-3H3. The molecule has 0 aliphatic rings. The first kappa shape index (κ1) is 16.9. The molecule has 0 saturated heterocycles. The summed E-state index contributed by atoms with van der Waals surface area (Å²) in [6.07, 6.45) is 10.4. The fourth-order valence-corrected chi connectivity index (χ4v) is 1.82. The van der Waals surface area contributed by atoms with Gasteiger partial charge in [0.1, 0.15) is 6.23 Å². The van der Waals surface area contributed by atoms with Crippen LogP contribution in [0.5, 0.6) is 0 Å². The molecule has 0 fully saturated rings. The van der Waals surface area contributed by atoms with E-state index >= 15 is 0 Å². The van der Waals surface area contributed by atoms with E-state index in [0.717, 1.165) is 13.0 Å². The summed E-state index contributed by atoms with van der Waals surface area (Å²) in [5.74, 6) is 0. The minimum Gasteiger partial charge on any atom is -0.348 e. The SMILES string of the molecule is CCCCCCNC(CCCCC)OCNC. The number of rotatable bonds is 13. The molecule has 3 nitrogen and oxygen atoms in total. The zero-order valence-corrected chi connectivity index (χ0v) is 12.1. The summed E-state index contributed by atoms with van der Waals surface area (Å²) in [4.78, 5) is 0. The maximum Gasteiger partial charge on any atom is 0.109 e. The topological polar surface area (TPSA) is 33.3 Å². The van der Waals surface area contributed by atoms with E-state index in [1.54, 1.807) is 0 Å². The lowest BCUT2D eigenvalue weighted by molar-refractivity contribution is 0.0144. The van der Waals surface area contributed by atoms with E-state index in [2.05, 4.69) is 24.5 Å². The molecular weight excluding hydrogens is 212 g/mol. The van der Waals surface area contributed by atoms with Crippen LogP contribution >= 0.6 is 0 Å². The van der Waals surface area contributed by atoms with Crippen LogP contribution in [-0.2, 0) is 4.74 Å². The molecule has 0 aromatic rings. The Bertz CT molecular complexity index is 142. The maximum absolute atomic E-state index is 5.72. The fourth-order valence-electron chi connectivity index (χ4n) is 1.82. The minimum absolute atomic E-state index is 0.232. The van der Waals surface area contributed by atoms with Crippen LogP contribution in [-0.4, -0.2) is 26.6 Å². The summed E-state index contributed by atoms with van der Waals surface area (Å²) >= 11 is 0. The Morgan fingerprint density at radius 1 is 0.941 bits per heavy atom. The predicted molar refractivity (Wildman–Crippen MR) is 75.1 cm³/mol. The highest BCUT2D eigenvalue weighted by molar-refractivity contribution is 4.57. The molecule has 0 aliphatic heterocycles. The van der Waals surface area contributed by atoms with Crippen molar-refractivity contribution in [3.63, 3.8) is 0 Å². The number of hydrogen-bond acceptors (Lipinski definition) is 3. The van der Waals surface area contributed by atoms with Crippen molar-refractivity contribution in [2.24, 2.45) is 0 Å². The van der Waals surface area contributed by atoms with Gasteiger partial charge in [-0.15, -0.1) is 0 Å². The molecule has 0 rings (SSSR count). The van der Waals surface area contributed by atoms with Gasteiger partial charge in [0.2, 0.25) is 0 Å². The van der Waals surface area contributed by atoms with Crippen LogP contribution in [0.2, 0.25) is 0 Å². The monoisotopic (exact) mass is 244 g/mol. The predicted octanol–water partition coefficient (Wildman–Crippen LogP) is 3.26. The van der Waals surface area contributed by atoms with Gasteiger partial charge in [0.15, 0.2) is 0 Å². The Kier molecular flexibility index (Phi) is 13.8. The average molecular weight is 244 g/mol. The van der Waals surface area contributed by atoms with Crippen LogP contribution in [0.3, 0.4) is 0 Å². The van der Waals surface area contributed by atoms with Crippen LogP contribution in [0, 0.1) is 0 Å². The van der Waals surface area contributed by atoms with Crippen molar-refractivity contribution in [2.75, 3.05) is 20.3 Å². The summed E-state index contributed by atoms with van der Waals surface area (Å²) < 4.78 is 5.72. The highest BCUT2D eigenvalue weighted by Gasteiger charge is 2.06. The third-order valence-corrected chi connectivity index (χ3v) is 2.90. The molecule has 3 heteroatoms. The van der Waals surface area contributed by atoms with Crippen molar-refractivity contribution in [3.05, 3.63) is 0 Å². The molecule has 1 atom stereocenters. The molecule has 104 valence electrons. The van der Waals surface area contributed by atoms with Crippen LogP contribution in [0.4, 0.5) is 0 Å². The van der Waals surface area contributed by atoms with Crippen molar-refractivity contribution in [1.82, 2.24) is 10.6 Å². The Morgan fingerprint density at radius 3 is 2.29 bits per heavy atom. The van der Waals surface area contributed by atoms with E-state index < -0.39 is 0 Å². The number of nitrogens with one attached hydrogen (secondary N) is 2. The van der Waals surface area contributed by atoms with Gasteiger partial charge in [-0.2, -0.15) is 0 Å². The Morgan fingerprint density at radius 2 is 1.65 bits per heavy atom. The van der Waals surface area contributed by atoms with Gasteiger partial charge >= 0.3 is 0 Å². The summed E-state index contributed by atoms with van der Waals surface area (Å²) in [7, 11) is 1.92. The summed E-state index contributed by atoms with van der Waals surface area (Å²) in [6.45, 7) is 6.21. The van der Waals surface area contributed by atoms with Gasteiger partial charge in [-0.3, -0.25) is 10.6 Å². The van der Waals surface area contributed by atoms with E-state index in [9.17, 15) is 0 Å². The highest BCUT2D eigenvalue weighted by Crippen LogP contribution is 2.05. The van der Waals surface area contributed by atoms with Crippen molar-refractivity contribution in [3.8, 4) is 0 Å². The molecule has 0 aliphatic carbocycles. The molecule has 0 radical (unpaired) electrons. The molecule has 0 bridgehead atoms. The summed E-state index contributed by atoms with van der Waals surface area (Å²) in [5.41, 5.74) is 0. The zero-order chi connectivity index (χ0) is 12.8. The first-order chi connectivity index (χ1) is 8.35. The Hall–Kier alpha value is -0.120. The van der Waals surface area contributed by atoms with Gasteiger partial charge in [-0.05, 0) is 32.9 Å². The van der Waals surface area contributed by atoms with E-state index in [4.69, 9.17) is 4.74 Å². The summed E-state index contributed by atoms with van der Waals surface area (Å²) in [6, 6.07) is 0. The van der Waals surface area contributed by atoms with Crippen molar-refractivity contribution < 1.29 is 4.74 Å². The molecule has 0 spiro atoms. The first-order valence-electron chi connectivity index (χ1n) is 7.34. The molecule has 0 saturated carbocycles. The molecule has 17 heavy (non-hydrogen) atoms. The van der Waals surface area contributed by atoms with Crippen LogP contribution in [0.15, 0.2) is 0 Å².